The number of aliphatic carboxylic acids is 1. The fourth-order valence-electron chi connectivity index (χ4n) is 4.13. The Morgan fingerprint density at radius 3 is 1.64 bits per heavy atom. The van der Waals surface area contributed by atoms with Gasteiger partial charge in [0.15, 0.2) is 0 Å². The summed E-state index contributed by atoms with van der Waals surface area (Å²) in [4.78, 5) is 40.8. The molecular formula is C27H24N2O4. The van der Waals surface area contributed by atoms with Gasteiger partial charge in [-0.25, -0.2) is 4.79 Å². The van der Waals surface area contributed by atoms with Gasteiger partial charge in [-0.2, -0.15) is 0 Å². The van der Waals surface area contributed by atoms with Crippen molar-refractivity contribution in [2.75, 3.05) is 6.54 Å². The van der Waals surface area contributed by atoms with Gasteiger partial charge in [0.2, 0.25) is 0 Å². The Morgan fingerprint density at radius 2 is 1.18 bits per heavy atom. The molecule has 4 aromatic carbocycles. The number of carboxylic acid groups (broad SMARTS) is 1. The van der Waals surface area contributed by atoms with E-state index < -0.39 is 23.8 Å². The van der Waals surface area contributed by atoms with Crippen LogP contribution in [0.2, 0.25) is 0 Å². The van der Waals surface area contributed by atoms with Crippen molar-refractivity contribution >= 4 is 39.3 Å². The molecule has 6 nitrogen and oxygen atoms in total. The van der Waals surface area contributed by atoms with E-state index in [9.17, 15) is 19.5 Å². The topological polar surface area (TPSA) is 101 Å². The van der Waals surface area contributed by atoms with E-state index in [0.29, 0.717) is 17.2 Å². The summed E-state index contributed by atoms with van der Waals surface area (Å²) in [5, 5.41) is 13.0. The molecule has 0 saturated heterocycles. The highest BCUT2D eigenvalue weighted by Gasteiger charge is 2.36. The lowest BCUT2D eigenvalue weighted by atomic mass is 9.99. The molecule has 0 heterocycles. The van der Waals surface area contributed by atoms with E-state index in [1.165, 1.54) is 0 Å². The average molecular weight is 440 g/mol. The Morgan fingerprint density at radius 1 is 0.727 bits per heavy atom. The first-order valence-corrected chi connectivity index (χ1v) is 10.8. The third-order valence-electron chi connectivity index (χ3n) is 5.76. The molecule has 0 radical (unpaired) electrons. The minimum absolute atomic E-state index is 0.0683. The van der Waals surface area contributed by atoms with Crippen LogP contribution in [0, 0.1) is 0 Å². The van der Waals surface area contributed by atoms with Crippen molar-refractivity contribution in [2.45, 2.75) is 18.9 Å². The number of nitrogens with two attached hydrogens (primary N) is 1. The number of carbonyl (C=O) groups excluding carboxylic acids is 2. The predicted octanol–water partition coefficient (Wildman–Crippen LogP) is 4.47. The lowest BCUT2D eigenvalue weighted by Gasteiger charge is -2.28. The number of rotatable bonds is 7. The molecule has 0 spiro atoms. The van der Waals surface area contributed by atoms with E-state index in [-0.39, 0.29) is 24.1 Å². The van der Waals surface area contributed by atoms with Gasteiger partial charge in [-0.1, -0.05) is 72.8 Å². The zero-order valence-electron chi connectivity index (χ0n) is 18.0. The van der Waals surface area contributed by atoms with E-state index in [4.69, 9.17) is 5.73 Å². The lowest BCUT2D eigenvalue weighted by Crippen LogP contribution is -2.49. The van der Waals surface area contributed by atoms with Crippen molar-refractivity contribution in [3.05, 3.63) is 96.1 Å². The van der Waals surface area contributed by atoms with Gasteiger partial charge < -0.3 is 10.8 Å². The molecule has 0 aliphatic carbocycles. The summed E-state index contributed by atoms with van der Waals surface area (Å²) < 4.78 is 0. The van der Waals surface area contributed by atoms with Crippen molar-refractivity contribution in [3.63, 3.8) is 0 Å². The van der Waals surface area contributed by atoms with E-state index >= 15 is 0 Å². The van der Waals surface area contributed by atoms with Gasteiger partial charge in [-0.3, -0.25) is 14.5 Å². The molecule has 4 rings (SSSR count). The van der Waals surface area contributed by atoms with Crippen molar-refractivity contribution < 1.29 is 19.5 Å². The Bertz CT molecular complexity index is 1250. The third kappa shape index (κ3) is 4.33. The number of nitrogens with zero attached hydrogens (tertiary/aromatic N) is 1. The van der Waals surface area contributed by atoms with Gasteiger partial charge in [0.25, 0.3) is 11.8 Å². The molecule has 166 valence electrons. The smallest absolute Gasteiger partial charge is 0.326 e. The van der Waals surface area contributed by atoms with Gasteiger partial charge in [-0.05, 0) is 53.1 Å². The highest BCUT2D eigenvalue weighted by atomic mass is 16.4. The van der Waals surface area contributed by atoms with E-state index in [2.05, 4.69) is 0 Å². The fourth-order valence-corrected chi connectivity index (χ4v) is 4.13. The summed E-state index contributed by atoms with van der Waals surface area (Å²) >= 11 is 0. The maximum Gasteiger partial charge on any atom is 0.326 e. The van der Waals surface area contributed by atoms with Crippen LogP contribution in [0.5, 0.6) is 0 Å². The van der Waals surface area contributed by atoms with Crippen LogP contribution >= 0.6 is 0 Å². The average Bonchev–Trinajstić information content (AvgIpc) is 2.85. The van der Waals surface area contributed by atoms with Crippen LogP contribution in [0.3, 0.4) is 0 Å². The molecule has 1 atom stereocenters. The fraction of sp³-hybridized carbons (Fsp3) is 0.148. The Balaban J connectivity index is 1.88. The summed E-state index contributed by atoms with van der Waals surface area (Å²) in [7, 11) is 0. The molecule has 0 aliphatic rings. The number of fused-ring (bicyclic) bond motifs is 2. The molecule has 0 aliphatic heterocycles. The number of carbonyl (C=O) groups is 3. The molecule has 6 heteroatoms. The van der Waals surface area contributed by atoms with Gasteiger partial charge in [0.1, 0.15) is 6.04 Å². The first-order chi connectivity index (χ1) is 16.0. The van der Waals surface area contributed by atoms with Crippen LogP contribution in [0.25, 0.3) is 21.5 Å². The Hall–Kier alpha value is -4.03. The highest BCUT2D eigenvalue weighted by Crippen LogP contribution is 2.26. The van der Waals surface area contributed by atoms with Crippen molar-refractivity contribution in [1.82, 2.24) is 4.90 Å². The number of carboxylic acids is 1. The zero-order valence-corrected chi connectivity index (χ0v) is 18.0. The Labute approximate surface area is 191 Å². The monoisotopic (exact) mass is 440 g/mol. The molecule has 4 aromatic rings. The molecule has 33 heavy (non-hydrogen) atoms. The molecule has 0 unspecified atom stereocenters. The van der Waals surface area contributed by atoms with Crippen molar-refractivity contribution in [1.29, 1.82) is 0 Å². The van der Waals surface area contributed by atoms with Crippen LogP contribution in [-0.2, 0) is 4.79 Å². The molecule has 3 N–H and O–H groups in total. The normalized spacial score (nSPS) is 11.9. The standard InChI is InChI=1S/C27H24N2O4/c28-17-7-16-24(27(32)33)29(25(30)22-14-5-10-18-8-1-3-12-20(18)22)26(31)23-15-6-11-19-9-2-4-13-21(19)23/h1-6,8-15,24H,7,16-17,28H2,(H,32,33)/t24-/m0/s1. The van der Waals surface area contributed by atoms with Gasteiger partial charge in [0.05, 0.1) is 0 Å². The van der Waals surface area contributed by atoms with E-state index in [1.54, 1.807) is 48.5 Å². The Kier molecular flexibility index (Phi) is 6.47. The zero-order chi connectivity index (χ0) is 23.4. The summed E-state index contributed by atoms with van der Waals surface area (Å²) in [6, 6.07) is 23.7. The lowest BCUT2D eigenvalue weighted by molar-refractivity contribution is -0.141. The minimum Gasteiger partial charge on any atom is -0.480 e. The largest absolute Gasteiger partial charge is 0.480 e. The first-order valence-electron chi connectivity index (χ1n) is 10.8. The number of hydrogen-bond acceptors (Lipinski definition) is 4. The van der Waals surface area contributed by atoms with Crippen LogP contribution in [0.15, 0.2) is 84.9 Å². The quantitative estimate of drug-likeness (QED) is 0.413. The van der Waals surface area contributed by atoms with Crippen molar-refractivity contribution in [2.24, 2.45) is 5.73 Å². The predicted molar refractivity (Wildman–Crippen MR) is 128 cm³/mol. The summed E-state index contributed by atoms with van der Waals surface area (Å²) in [6.45, 7) is 0.253. The maximum atomic E-state index is 13.8. The van der Waals surface area contributed by atoms with E-state index in [1.807, 2.05) is 36.4 Å². The second-order valence-electron chi connectivity index (χ2n) is 7.82. The number of amides is 2. The van der Waals surface area contributed by atoms with Gasteiger partial charge in [0, 0.05) is 11.1 Å². The molecule has 0 fully saturated rings. The number of hydrogen-bond donors (Lipinski definition) is 2. The van der Waals surface area contributed by atoms with Crippen LogP contribution in [0.1, 0.15) is 33.6 Å². The van der Waals surface area contributed by atoms with Gasteiger partial charge in [-0.15, -0.1) is 0 Å². The second-order valence-corrected chi connectivity index (χ2v) is 7.82. The number of imide groups is 1. The maximum absolute atomic E-state index is 13.8. The molecule has 0 bridgehead atoms. The molecular weight excluding hydrogens is 416 g/mol. The summed E-state index contributed by atoms with van der Waals surface area (Å²) in [5.41, 5.74) is 6.18. The first kappa shape index (κ1) is 22.2. The molecule has 0 aromatic heterocycles. The number of benzene rings is 4. The molecule has 0 saturated carbocycles. The van der Waals surface area contributed by atoms with Gasteiger partial charge >= 0.3 is 5.97 Å². The third-order valence-corrected chi connectivity index (χ3v) is 5.76. The van der Waals surface area contributed by atoms with E-state index in [0.717, 1.165) is 15.7 Å². The van der Waals surface area contributed by atoms with Crippen LogP contribution in [0.4, 0.5) is 0 Å². The molecule has 2 amide bonds. The van der Waals surface area contributed by atoms with Crippen LogP contribution < -0.4 is 5.73 Å². The SMILES string of the molecule is NCCC[C@@H](C(=O)O)N(C(=O)c1cccc2ccccc12)C(=O)c1cccc2ccccc12. The minimum atomic E-state index is -1.34. The highest BCUT2D eigenvalue weighted by molar-refractivity contribution is 6.19. The second kappa shape index (κ2) is 9.63. The summed E-state index contributed by atoms with van der Waals surface area (Å²) in [5.74, 6) is -2.53. The van der Waals surface area contributed by atoms with Crippen molar-refractivity contribution in [3.8, 4) is 0 Å². The summed E-state index contributed by atoms with van der Waals surface area (Å²) in [6.07, 6.45) is 0.429. The van der Waals surface area contributed by atoms with Crippen LogP contribution in [-0.4, -0.2) is 40.4 Å².